The van der Waals surface area contributed by atoms with Crippen molar-refractivity contribution in [1.82, 2.24) is 5.32 Å². The van der Waals surface area contributed by atoms with Crippen LogP contribution in [0.4, 0.5) is 0 Å². The first-order valence-electron chi connectivity index (χ1n) is 6.68. The molecule has 5 heteroatoms. The van der Waals surface area contributed by atoms with Crippen molar-refractivity contribution in [2.75, 3.05) is 13.2 Å². The zero-order valence-corrected chi connectivity index (χ0v) is 11.6. The van der Waals surface area contributed by atoms with Crippen LogP contribution in [0.15, 0.2) is 5.16 Å². The Morgan fingerprint density at radius 1 is 1.44 bits per heavy atom. The second-order valence-corrected chi connectivity index (χ2v) is 5.92. The molecule has 1 saturated carbocycles. The number of hydrogen-bond donors (Lipinski definition) is 3. The molecule has 18 heavy (non-hydrogen) atoms. The molecule has 0 aliphatic heterocycles. The highest BCUT2D eigenvalue weighted by Crippen LogP contribution is 2.15. The molecule has 1 aliphatic carbocycles. The van der Waals surface area contributed by atoms with Crippen LogP contribution in [0.2, 0.25) is 0 Å². The van der Waals surface area contributed by atoms with Gasteiger partial charge < -0.3 is 20.4 Å². The summed E-state index contributed by atoms with van der Waals surface area (Å²) < 4.78 is 0. The van der Waals surface area contributed by atoms with Crippen molar-refractivity contribution in [3.8, 4) is 0 Å². The molecular formula is C13H26N2O3. The fourth-order valence-electron chi connectivity index (χ4n) is 1.77. The summed E-state index contributed by atoms with van der Waals surface area (Å²) in [4.78, 5) is 5.11. The van der Waals surface area contributed by atoms with E-state index in [2.05, 4.69) is 10.5 Å². The fraction of sp³-hybridized carbons (Fsp3) is 0.923. The molecule has 2 unspecified atom stereocenters. The minimum Gasteiger partial charge on any atom is -0.393 e. The van der Waals surface area contributed by atoms with E-state index in [9.17, 15) is 10.2 Å². The lowest BCUT2D eigenvalue weighted by atomic mass is 9.96. The number of rotatable bonds is 5. The molecule has 0 bridgehead atoms. The second kappa shape index (κ2) is 7.07. The third-order valence-electron chi connectivity index (χ3n) is 2.86. The maximum Gasteiger partial charge on any atom is 0.144 e. The molecule has 0 aromatic heterocycles. The Morgan fingerprint density at radius 2 is 2.17 bits per heavy atom. The molecule has 1 rings (SSSR count). The first kappa shape index (κ1) is 15.4. The lowest BCUT2D eigenvalue weighted by Crippen LogP contribution is -2.42. The number of nitrogens with one attached hydrogen (secondary N) is 1. The number of aliphatic hydroxyl groups is 2. The molecule has 1 aliphatic rings. The van der Waals surface area contributed by atoms with E-state index in [0.29, 0.717) is 12.3 Å². The number of aliphatic hydroxyl groups excluding tert-OH is 2. The van der Waals surface area contributed by atoms with E-state index in [-0.39, 0.29) is 12.1 Å². The predicted octanol–water partition coefficient (Wildman–Crippen LogP) is 1.04. The van der Waals surface area contributed by atoms with Gasteiger partial charge in [-0.25, -0.2) is 0 Å². The van der Waals surface area contributed by atoms with Gasteiger partial charge in [0.15, 0.2) is 0 Å². The smallest absolute Gasteiger partial charge is 0.144 e. The SMILES string of the molecule is CC(C)(C)NCC(O)CO/N=C1\CCCCC1O. The first-order chi connectivity index (χ1) is 8.38. The van der Waals surface area contributed by atoms with Crippen molar-refractivity contribution in [3.05, 3.63) is 0 Å². The molecule has 2 atom stereocenters. The Hall–Kier alpha value is -0.650. The number of hydrogen-bond acceptors (Lipinski definition) is 5. The van der Waals surface area contributed by atoms with Crippen molar-refractivity contribution >= 4 is 5.71 Å². The Kier molecular flexibility index (Phi) is 6.05. The van der Waals surface area contributed by atoms with Crippen molar-refractivity contribution < 1.29 is 15.1 Å². The lowest BCUT2D eigenvalue weighted by molar-refractivity contribution is 0.0348. The van der Waals surface area contributed by atoms with Crippen LogP contribution in [0.1, 0.15) is 46.5 Å². The van der Waals surface area contributed by atoms with Gasteiger partial charge in [-0.3, -0.25) is 0 Å². The van der Waals surface area contributed by atoms with E-state index in [1.807, 2.05) is 20.8 Å². The van der Waals surface area contributed by atoms with Gasteiger partial charge in [-0.2, -0.15) is 0 Å². The molecule has 0 saturated heterocycles. The van der Waals surface area contributed by atoms with Gasteiger partial charge in [0.2, 0.25) is 0 Å². The van der Waals surface area contributed by atoms with Crippen molar-refractivity contribution in [1.29, 1.82) is 0 Å². The van der Waals surface area contributed by atoms with Crippen LogP contribution < -0.4 is 5.32 Å². The molecule has 0 heterocycles. The maximum atomic E-state index is 9.69. The lowest BCUT2D eigenvalue weighted by Gasteiger charge is -2.22. The van der Waals surface area contributed by atoms with Crippen molar-refractivity contribution in [2.24, 2.45) is 5.16 Å². The minimum atomic E-state index is -0.589. The van der Waals surface area contributed by atoms with E-state index in [4.69, 9.17) is 4.84 Å². The number of β-amino-alcohol motifs (C(OH)–C–C–N with tert-alkyl or cyclic N) is 1. The van der Waals surface area contributed by atoms with E-state index >= 15 is 0 Å². The molecule has 0 aromatic carbocycles. The van der Waals surface area contributed by atoms with Crippen LogP contribution in [0.3, 0.4) is 0 Å². The summed E-state index contributed by atoms with van der Waals surface area (Å²) in [6.07, 6.45) is 2.58. The number of oxime groups is 1. The third kappa shape index (κ3) is 6.33. The quantitative estimate of drug-likeness (QED) is 0.644. The van der Waals surface area contributed by atoms with Gasteiger partial charge in [-0.15, -0.1) is 0 Å². The Labute approximate surface area is 109 Å². The fourth-order valence-corrected chi connectivity index (χ4v) is 1.77. The van der Waals surface area contributed by atoms with Crippen LogP contribution in [0.5, 0.6) is 0 Å². The third-order valence-corrected chi connectivity index (χ3v) is 2.86. The van der Waals surface area contributed by atoms with Gasteiger partial charge in [0.25, 0.3) is 0 Å². The summed E-state index contributed by atoms with van der Waals surface area (Å²) in [6, 6.07) is 0. The zero-order chi connectivity index (χ0) is 13.6. The van der Waals surface area contributed by atoms with E-state index < -0.39 is 12.2 Å². The van der Waals surface area contributed by atoms with Crippen LogP contribution in [0.25, 0.3) is 0 Å². The van der Waals surface area contributed by atoms with Gasteiger partial charge in [0.1, 0.15) is 12.7 Å². The summed E-state index contributed by atoms with van der Waals surface area (Å²) in [6.45, 7) is 6.74. The van der Waals surface area contributed by atoms with Crippen LogP contribution in [0, 0.1) is 0 Å². The molecule has 5 nitrogen and oxygen atoms in total. The highest BCUT2D eigenvalue weighted by atomic mass is 16.6. The van der Waals surface area contributed by atoms with Crippen LogP contribution in [-0.4, -0.2) is 46.8 Å². The molecule has 0 aromatic rings. The molecule has 0 spiro atoms. The van der Waals surface area contributed by atoms with Crippen LogP contribution in [-0.2, 0) is 4.84 Å². The van der Waals surface area contributed by atoms with E-state index in [1.54, 1.807) is 0 Å². The molecule has 0 amide bonds. The average molecular weight is 258 g/mol. The van der Waals surface area contributed by atoms with Gasteiger partial charge in [0.05, 0.1) is 11.8 Å². The highest BCUT2D eigenvalue weighted by Gasteiger charge is 2.18. The largest absolute Gasteiger partial charge is 0.393 e. The summed E-state index contributed by atoms with van der Waals surface area (Å²) in [5, 5.41) is 26.5. The molecule has 1 fully saturated rings. The second-order valence-electron chi connectivity index (χ2n) is 5.92. The Bertz CT molecular complexity index is 274. The number of nitrogens with zero attached hydrogens (tertiary/aromatic N) is 1. The topological polar surface area (TPSA) is 74.1 Å². The van der Waals surface area contributed by atoms with Crippen LogP contribution >= 0.6 is 0 Å². The van der Waals surface area contributed by atoms with Gasteiger partial charge in [0, 0.05) is 12.1 Å². The zero-order valence-electron chi connectivity index (χ0n) is 11.6. The van der Waals surface area contributed by atoms with Gasteiger partial charge in [-0.1, -0.05) is 11.6 Å². The highest BCUT2D eigenvalue weighted by molar-refractivity contribution is 5.88. The summed E-state index contributed by atoms with van der Waals surface area (Å²) in [7, 11) is 0. The maximum absolute atomic E-state index is 9.69. The molecular weight excluding hydrogens is 232 g/mol. The Balaban J connectivity index is 2.21. The monoisotopic (exact) mass is 258 g/mol. The molecule has 3 N–H and O–H groups in total. The standard InChI is InChI=1S/C13H26N2O3/c1-13(2,3)14-8-10(16)9-18-15-11-6-4-5-7-12(11)17/h10,12,14,16-17H,4-9H2,1-3H3/b15-11+. The van der Waals surface area contributed by atoms with E-state index in [0.717, 1.165) is 25.7 Å². The summed E-state index contributed by atoms with van der Waals surface area (Å²) >= 11 is 0. The normalized spacial score (nSPS) is 25.2. The van der Waals surface area contributed by atoms with E-state index in [1.165, 1.54) is 0 Å². The first-order valence-corrected chi connectivity index (χ1v) is 6.68. The Morgan fingerprint density at radius 3 is 2.78 bits per heavy atom. The molecule has 0 radical (unpaired) electrons. The van der Waals surface area contributed by atoms with Gasteiger partial charge in [-0.05, 0) is 40.0 Å². The average Bonchev–Trinajstić information content (AvgIpc) is 2.28. The minimum absolute atomic E-state index is 0.0214. The molecule has 106 valence electrons. The van der Waals surface area contributed by atoms with Gasteiger partial charge >= 0.3 is 0 Å². The predicted molar refractivity (Wildman–Crippen MR) is 71.6 cm³/mol. The summed E-state index contributed by atoms with van der Waals surface area (Å²) in [5.74, 6) is 0. The summed E-state index contributed by atoms with van der Waals surface area (Å²) in [5.41, 5.74) is 0.684. The van der Waals surface area contributed by atoms with Crippen molar-refractivity contribution in [2.45, 2.75) is 64.2 Å². The van der Waals surface area contributed by atoms with Crippen molar-refractivity contribution in [3.63, 3.8) is 0 Å².